The van der Waals surface area contributed by atoms with Gasteiger partial charge in [0.15, 0.2) is 0 Å². The van der Waals surface area contributed by atoms with Crippen LogP contribution in [0.15, 0.2) is 53.0 Å². The van der Waals surface area contributed by atoms with Gasteiger partial charge in [-0.25, -0.2) is 0 Å². The van der Waals surface area contributed by atoms with Crippen molar-refractivity contribution in [2.75, 3.05) is 0 Å². The molecule has 0 spiro atoms. The molecular formula is C14H13BrN2O2. The minimum absolute atomic E-state index is 0.0731. The first-order valence-corrected chi connectivity index (χ1v) is 6.60. The molecule has 0 aliphatic carbocycles. The maximum absolute atomic E-state index is 10.7. The Balaban J connectivity index is 2.18. The van der Waals surface area contributed by atoms with Crippen molar-refractivity contribution in [3.8, 4) is 0 Å². The van der Waals surface area contributed by atoms with Crippen molar-refractivity contribution >= 4 is 21.6 Å². The SMILES string of the molecule is NC(Cc1ccc([N+](=O)[O-])cc1Br)c1ccccc1. The Labute approximate surface area is 119 Å². The summed E-state index contributed by atoms with van der Waals surface area (Å²) in [6, 6.07) is 14.4. The van der Waals surface area contributed by atoms with Crippen LogP contribution in [-0.4, -0.2) is 4.92 Å². The largest absolute Gasteiger partial charge is 0.324 e. The third-order valence-electron chi connectivity index (χ3n) is 2.92. The number of hydrogen-bond donors (Lipinski definition) is 1. The molecule has 2 aromatic rings. The first kappa shape index (κ1) is 13.7. The van der Waals surface area contributed by atoms with Crippen LogP contribution in [0.1, 0.15) is 17.2 Å². The number of nitro groups is 1. The van der Waals surface area contributed by atoms with Crippen molar-refractivity contribution in [3.05, 3.63) is 74.2 Å². The summed E-state index contributed by atoms with van der Waals surface area (Å²) >= 11 is 3.36. The number of rotatable bonds is 4. The fraction of sp³-hybridized carbons (Fsp3) is 0.143. The highest BCUT2D eigenvalue weighted by atomic mass is 79.9. The average Bonchev–Trinajstić information content (AvgIpc) is 2.41. The van der Waals surface area contributed by atoms with Gasteiger partial charge in [0.1, 0.15) is 0 Å². The van der Waals surface area contributed by atoms with Crippen LogP contribution in [0.2, 0.25) is 0 Å². The summed E-state index contributed by atoms with van der Waals surface area (Å²) in [5.41, 5.74) is 8.22. The first-order valence-electron chi connectivity index (χ1n) is 5.81. The zero-order chi connectivity index (χ0) is 13.8. The molecule has 19 heavy (non-hydrogen) atoms. The van der Waals surface area contributed by atoms with Crippen LogP contribution in [0.5, 0.6) is 0 Å². The van der Waals surface area contributed by atoms with E-state index in [0.29, 0.717) is 10.9 Å². The number of hydrogen-bond acceptors (Lipinski definition) is 3. The van der Waals surface area contributed by atoms with Crippen LogP contribution < -0.4 is 5.73 Å². The lowest BCUT2D eigenvalue weighted by Crippen LogP contribution is -2.13. The van der Waals surface area contributed by atoms with E-state index in [9.17, 15) is 10.1 Å². The van der Waals surface area contributed by atoms with Crippen molar-refractivity contribution < 1.29 is 4.92 Å². The van der Waals surface area contributed by atoms with Crippen molar-refractivity contribution in [1.29, 1.82) is 0 Å². The van der Waals surface area contributed by atoms with E-state index < -0.39 is 4.92 Å². The van der Waals surface area contributed by atoms with Crippen LogP contribution in [0.25, 0.3) is 0 Å². The smallest absolute Gasteiger partial charge is 0.270 e. The highest BCUT2D eigenvalue weighted by Crippen LogP contribution is 2.26. The van der Waals surface area contributed by atoms with Crippen LogP contribution >= 0.6 is 15.9 Å². The van der Waals surface area contributed by atoms with Crippen LogP contribution in [0.4, 0.5) is 5.69 Å². The summed E-state index contributed by atoms with van der Waals surface area (Å²) in [4.78, 5) is 10.3. The Morgan fingerprint density at radius 3 is 2.47 bits per heavy atom. The summed E-state index contributed by atoms with van der Waals surface area (Å²) in [6.07, 6.45) is 0.628. The molecule has 0 heterocycles. The standard InChI is InChI=1S/C14H13BrN2O2/c15-13-9-12(17(18)19)7-6-11(13)8-14(16)10-4-2-1-3-5-10/h1-7,9,14H,8,16H2. The highest BCUT2D eigenvalue weighted by molar-refractivity contribution is 9.10. The molecule has 1 atom stereocenters. The molecule has 2 N–H and O–H groups in total. The molecule has 0 aliphatic heterocycles. The fourth-order valence-corrected chi connectivity index (χ4v) is 2.40. The normalized spacial score (nSPS) is 12.1. The molecular weight excluding hydrogens is 308 g/mol. The summed E-state index contributed by atoms with van der Waals surface area (Å²) < 4.78 is 0.716. The molecule has 0 fully saturated rings. The van der Waals surface area contributed by atoms with Gasteiger partial charge >= 0.3 is 0 Å². The molecule has 0 aromatic heterocycles. The van der Waals surface area contributed by atoms with Gasteiger partial charge in [0.05, 0.1) is 4.92 Å². The third kappa shape index (κ3) is 3.39. The summed E-state index contributed by atoms with van der Waals surface area (Å²) in [5.74, 6) is 0. The van der Waals surface area contributed by atoms with Crippen LogP contribution in [0, 0.1) is 10.1 Å². The van der Waals surface area contributed by atoms with E-state index in [2.05, 4.69) is 15.9 Å². The zero-order valence-corrected chi connectivity index (χ0v) is 11.7. The number of halogens is 1. The monoisotopic (exact) mass is 320 g/mol. The topological polar surface area (TPSA) is 69.2 Å². The van der Waals surface area contributed by atoms with Gasteiger partial charge in [-0.1, -0.05) is 52.3 Å². The molecule has 2 rings (SSSR count). The maximum atomic E-state index is 10.7. The zero-order valence-electron chi connectivity index (χ0n) is 10.1. The van der Waals surface area contributed by atoms with E-state index >= 15 is 0 Å². The lowest BCUT2D eigenvalue weighted by Gasteiger charge is -2.13. The number of nitro benzene ring substituents is 1. The lowest BCUT2D eigenvalue weighted by molar-refractivity contribution is -0.384. The molecule has 4 nitrogen and oxygen atoms in total. The molecule has 98 valence electrons. The van der Waals surface area contributed by atoms with E-state index in [1.807, 2.05) is 30.3 Å². The summed E-state index contributed by atoms with van der Waals surface area (Å²) in [6.45, 7) is 0. The second kappa shape index (κ2) is 5.95. The van der Waals surface area contributed by atoms with Gasteiger partial charge in [-0.15, -0.1) is 0 Å². The van der Waals surface area contributed by atoms with Gasteiger partial charge in [0, 0.05) is 22.6 Å². The minimum atomic E-state index is -0.411. The second-order valence-electron chi connectivity index (χ2n) is 4.25. The van der Waals surface area contributed by atoms with Gasteiger partial charge in [-0.3, -0.25) is 10.1 Å². The molecule has 0 amide bonds. The Hall–Kier alpha value is -1.72. The van der Waals surface area contributed by atoms with E-state index in [1.54, 1.807) is 6.07 Å². The summed E-state index contributed by atoms with van der Waals surface area (Å²) in [5, 5.41) is 10.7. The van der Waals surface area contributed by atoms with Crippen molar-refractivity contribution in [1.82, 2.24) is 0 Å². The third-order valence-corrected chi connectivity index (χ3v) is 3.65. The first-order chi connectivity index (χ1) is 9.08. The van der Waals surface area contributed by atoms with E-state index in [0.717, 1.165) is 11.1 Å². The molecule has 0 aliphatic rings. The second-order valence-corrected chi connectivity index (χ2v) is 5.11. The number of benzene rings is 2. The summed E-state index contributed by atoms with van der Waals surface area (Å²) in [7, 11) is 0. The fourth-order valence-electron chi connectivity index (χ4n) is 1.87. The molecule has 5 heteroatoms. The molecule has 2 aromatic carbocycles. The number of non-ortho nitro benzene ring substituents is 1. The van der Waals surface area contributed by atoms with Gasteiger partial charge < -0.3 is 5.73 Å². The quantitative estimate of drug-likeness (QED) is 0.691. The Bertz CT molecular complexity index is 587. The molecule has 0 saturated carbocycles. The van der Waals surface area contributed by atoms with Crippen LogP contribution in [-0.2, 0) is 6.42 Å². The van der Waals surface area contributed by atoms with Crippen molar-refractivity contribution in [2.24, 2.45) is 5.73 Å². The predicted octanol–water partition coefficient (Wildman–Crippen LogP) is 3.60. The molecule has 0 saturated heterocycles. The molecule has 0 radical (unpaired) electrons. The van der Waals surface area contributed by atoms with Crippen molar-refractivity contribution in [3.63, 3.8) is 0 Å². The van der Waals surface area contributed by atoms with Crippen molar-refractivity contribution in [2.45, 2.75) is 12.5 Å². The maximum Gasteiger partial charge on any atom is 0.270 e. The van der Waals surface area contributed by atoms with E-state index in [1.165, 1.54) is 12.1 Å². The van der Waals surface area contributed by atoms with Gasteiger partial charge in [0.2, 0.25) is 0 Å². The predicted molar refractivity (Wildman–Crippen MR) is 77.9 cm³/mol. The Kier molecular flexibility index (Phi) is 4.29. The van der Waals surface area contributed by atoms with E-state index in [4.69, 9.17) is 5.73 Å². The Morgan fingerprint density at radius 2 is 1.89 bits per heavy atom. The van der Waals surface area contributed by atoms with Crippen LogP contribution in [0.3, 0.4) is 0 Å². The average molecular weight is 321 g/mol. The van der Waals surface area contributed by atoms with Gasteiger partial charge in [-0.05, 0) is 17.5 Å². The van der Waals surface area contributed by atoms with Gasteiger partial charge in [-0.2, -0.15) is 0 Å². The van der Waals surface area contributed by atoms with E-state index in [-0.39, 0.29) is 11.7 Å². The lowest BCUT2D eigenvalue weighted by atomic mass is 10.00. The molecule has 0 bridgehead atoms. The Morgan fingerprint density at radius 1 is 1.21 bits per heavy atom. The number of nitrogens with two attached hydrogens (primary N) is 1. The number of nitrogens with zero attached hydrogens (tertiary/aromatic N) is 1. The van der Waals surface area contributed by atoms with Gasteiger partial charge in [0.25, 0.3) is 5.69 Å². The molecule has 1 unspecified atom stereocenters. The minimum Gasteiger partial charge on any atom is -0.324 e. The highest BCUT2D eigenvalue weighted by Gasteiger charge is 2.12.